The molecule has 0 fully saturated rings. The van der Waals surface area contributed by atoms with Crippen LogP contribution in [0.1, 0.15) is 0 Å². The third-order valence-corrected chi connectivity index (χ3v) is 9.27. The Labute approximate surface area is 247 Å². The van der Waals surface area contributed by atoms with Crippen LogP contribution in [0.4, 0.5) is 10.0 Å². The fourth-order valence-corrected chi connectivity index (χ4v) is 8.97. The molecule has 1 unspecified atom stereocenters. The Morgan fingerprint density at radius 1 is 0.906 bits per heavy atom. The summed E-state index contributed by atoms with van der Waals surface area (Å²) in [6.07, 6.45) is 1.70. The average Bonchev–Trinajstić information content (AvgIpc) is 3.43. The molecule has 0 N–H and O–H groups in total. The summed E-state index contributed by atoms with van der Waals surface area (Å²) in [6.45, 7) is 12.0. The summed E-state index contributed by atoms with van der Waals surface area (Å²) in [5.41, 5.74) is 0. The van der Waals surface area contributed by atoms with E-state index in [4.69, 9.17) is 0 Å². The molecule has 1 atom stereocenters. The minimum Gasteiger partial charge on any atom is -0.747 e. The van der Waals surface area contributed by atoms with Crippen molar-refractivity contribution in [2.45, 2.75) is 15.2 Å². The Morgan fingerprint density at radius 3 is 2.00 bits per heavy atom. The number of rotatable bonds is 5. The maximum Gasteiger partial charge on any atom is 1.00 e. The summed E-state index contributed by atoms with van der Waals surface area (Å²) in [6, 6.07) is 3.67. The van der Waals surface area contributed by atoms with Gasteiger partial charge in [-0.3, -0.25) is 0 Å². The van der Waals surface area contributed by atoms with E-state index in [0.717, 1.165) is 9.79 Å². The largest absolute Gasteiger partial charge is 1.00 e. The van der Waals surface area contributed by atoms with E-state index in [-0.39, 0.29) is 51.4 Å². The average molecular weight is 578 g/mol. The fraction of sp³-hybridized carbons (Fsp3) is 0.176. The number of anilines is 2. The van der Waals surface area contributed by atoms with Crippen LogP contribution >= 0.6 is 46.2 Å². The Hall–Kier alpha value is 0.376. The van der Waals surface area contributed by atoms with Gasteiger partial charge in [-0.1, -0.05) is 23.5 Å². The second-order valence-corrected chi connectivity index (χ2v) is 12.3. The summed E-state index contributed by atoms with van der Waals surface area (Å²) in [4.78, 5) is 4.59. The van der Waals surface area contributed by atoms with Crippen molar-refractivity contribution in [3.63, 3.8) is 0 Å². The normalized spacial score (nSPS) is 18.1. The SMILES string of the molecule is C=C.C=C.O=S(=O)([O-])CN1C(=CC2Sc3ccsc3N2CS(=O)(=O)[O-])Sc2ccsc21.[K+]. The van der Waals surface area contributed by atoms with Gasteiger partial charge in [0.15, 0.2) is 0 Å². The smallest absolute Gasteiger partial charge is 0.747 e. The van der Waals surface area contributed by atoms with Crippen LogP contribution in [0, 0.1) is 0 Å². The van der Waals surface area contributed by atoms with Gasteiger partial charge < -0.3 is 18.9 Å². The third-order valence-electron chi connectivity index (χ3n) is 3.63. The van der Waals surface area contributed by atoms with Gasteiger partial charge in [-0.05, 0) is 29.0 Å². The Balaban J connectivity index is 0.000000971. The number of nitrogens with zero attached hydrogens (tertiary/aromatic N) is 2. The molecule has 0 amide bonds. The van der Waals surface area contributed by atoms with Crippen LogP contribution in [0.15, 0.2) is 70.1 Å². The minimum absolute atomic E-state index is 0. The molecule has 2 aliphatic heterocycles. The molecule has 170 valence electrons. The number of thioether (sulfide) groups is 2. The van der Waals surface area contributed by atoms with E-state index >= 15 is 0 Å². The maximum atomic E-state index is 11.3. The van der Waals surface area contributed by atoms with E-state index in [9.17, 15) is 25.9 Å². The summed E-state index contributed by atoms with van der Waals surface area (Å²) in [7, 11) is -9.02. The fourth-order valence-electron chi connectivity index (χ4n) is 2.68. The minimum atomic E-state index is -4.52. The predicted molar refractivity (Wildman–Crippen MR) is 129 cm³/mol. The zero-order valence-corrected chi connectivity index (χ0v) is 25.0. The first-order valence-corrected chi connectivity index (χ1v) is 14.8. The molecule has 0 radical (unpaired) electrons. The Kier molecular flexibility index (Phi) is 12.3. The van der Waals surface area contributed by atoms with Crippen LogP contribution in [0.3, 0.4) is 0 Å². The van der Waals surface area contributed by atoms with Gasteiger partial charge in [0.25, 0.3) is 0 Å². The molecule has 8 nitrogen and oxygen atoms in total. The standard InChI is InChI=1S/C13H12N2O6S6.2C2H4.K/c16-26(17,18)6-14-10(24-8-1-3-22-12(8)14)5-11-15(7-27(19,20)21)13-9(25-11)2-4-23-13;2*1-2;/h1-5,10H,6-7H2,(H,16,17,18)(H,19,20,21);2*1-2H2;/q;;;+1/p-2. The molecular weight excluding hydrogens is 560 g/mol. The second kappa shape index (κ2) is 12.9. The molecular formula is C17H18KN2O6S6-. The molecule has 2 aliphatic rings. The number of thiophene rings is 2. The summed E-state index contributed by atoms with van der Waals surface area (Å²) < 4.78 is 68.0. The van der Waals surface area contributed by atoms with Crippen molar-refractivity contribution in [1.82, 2.24) is 0 Å². The van der Waals surface area contributed by atoms with Crippen molar-refractivity contribution >= 4 is 76.4 Å². The van der Waals surface area contributed by atoms with Crippen molar-refractivity contribution in [3.05, 3.63) is 60.3 Å². The second-order valence-electron chi connectivity index (χ2n) is 5.57. The molecule has 0 aliphatic carbocycles. The van der Waals surface area contributed by atoms with Crippen LogP contribution in [0.2, 0.25) is 0 Å². The molecule has 2 aromatic heterocycles. The predicted octanol–water partition coefficient (Wildman–Crippen LogP) is 1.12. The van der Waals surface area contributed by atoms with Gasteiger partial charge in [0.2, 0.25) is 0 Å². The Bertz CT molecular complexity index is 1160. The topological polar surface area (TPSA) is 121 Å². The molecule has 4 rings (SSSR count). The third kappa shape index (κ3) is 7.69. The van der Waals surface area contributed by atoms with Crippen LogP contribution in [0.5, 0.6) is 0 Å². The number of fused-ring (bicyclic) bond motifs is 2. The summed E-state index contributed by atoms with van der Waals surface area (Å²) in [5.74, 6) is -1.40. The first kappa shape index (κ1) is 30.4. The van der Waals surface area contributed by atoms with Gasteiger partial charge in [0, 0.05) is 9.79 Å². The van der Waals surface area contributed by atoms with Gasteiger partial charge in [-0.15, -0.1) is 49.0 Å². The molecule has 0 spiro atoms. The first-order chi connectivity index (χ1) is 14.6. The molecule has 0 saturated heterocycles. The number of hydrogen-bond acceptors (Lipinski definition) is 12. The van der Waals surface area contributed by atoms with Crippen molar-refractivity contribution in [1.29, 1.82) is 0 Å². The van der Waals surface area contributed by atoms with Gasteiger partial charge in [-0.2, -0.15) is 0 Å². The molecule has 4 heterocycles. The zero-order chi connectivity index (χ0) is 23.4. The molecule has 0 bridgehead atoms. The van der Waals surface area contributed by atoms with Gasteiger partial charge >= 0.3 is 51.4 Å². The van der Waals surface area contributed by atoms with E-state index in [2.05, 4.69) is 26.3 Å². The summed E-state index contributed by atoms with van der Waals surface area (Å²) >= 11 is 5.33. The molecule has 0 aromatic carbocycles. The van der Waals surface area contributed by atoms with Gasteiger partial charge in [-0.25, -0.2) is 16.8 Å². The quantitative estimate of drug-likeness (QED) is 0.290. The van der Waals surface area contributed by atoms with E-state index in [1.807, 2.05) is 17.5 Å². The molecule has 15 heteroatoms. The first-order valence-electron chi connectivity index (χ1n) is 8.23. The van der Waals surface area contributed by atoms with E-state index in [1.165, 1.54) is 56.0 Å². The van der Waals surface area contributed by atoms with Crippen LogP contribution < -0.4 is 61.2 Å². The van der Waals surface area contributed by atoms with Crippen LogP contribution in [0.25, 0.3) is 0 Å². The van der Waals surface area contributed by atoms with E-state index in [1.54, 1.807) is 11.5 Å². The summed E-state index contributed by atoms with van der Waals surface area (Å²) in [5, 5.41) is 4.98. The van der Waals surface area contributed by atoms with Crippen molar-refractivity contribution in [2.24, 2.45) is 0 Å². The van der Waals surface area contributed by atoms with Crippen molar-refractivity contribution in [2.75, 3.05) is 21.6 Å². The number of hydrogen-bond donors (Lipinski definition) is 0. The van der Waals surface area contributed by atoms with E-state index in [0.29, 0.717) is 15.0 Å². The monoisotopic (exact) mass is 577 g/mol. The maximum absolute atomic E-state index is 11.3. The molecule has 2 aromatic rings. The zero-order valence-electron chi connectivity index (χ0n) is 17.0. The van der Waals surface area contributed by atoms with Gasteiger partial charge in [0.1, 0.15) is 47.4 Å². The van der Waals surface area contributed by atoms with Crippen molar-refractivity contribution < 1.29 is 77.3 Å². The van der Waals surface area contributed by atoms with E-state index < -0.39 is 37.4 Å². The van der Waals surface area contributed by atoms with Gasteiger partial charge in [0.05, 0.1) is 5.03 Å². The van der Waals surface area contributed by atoms with Crippen molar-refractivity contribution in [3.8, 4) is 0 Å². The molecule has 0 saturated carbocycles. The van der Waals surface area contributed by atoms with Crippen LogP contribution in [-0.4, -0.2) is 43.1 Å². The Morgan fingerprint density at radius 2 is 1.44 bits per heavy atom. The molecule has 32 heavy (non-hydrogen) atoms. The van der Waals surface area contributed by atoms with Crippen LogP contribution in [-0.2, 0) is 20.2 Å².